The molecule has 0 aliphatic rings. The van der Waals surface area contributed by atoms with E-state index in [2.05, 4.69) is 28.2 Å². The molecule has 0 amide bonds. The Kier molecular flexibility index (Phi) is 3.22. The van der Waals surface area contributed by atoms with Crippen molar-refractivity contribution in [2.75, 3.05) is 5.32 Å². The summed E-state index contributed by atoms with van der Waals surface area (Å²) in [5.41, 5.74) is 0. The molecule has 1 heterocycles. The number of aromatic nitrogens is 2. The van der Waals surface area contributed by atoms with Gasteiger partial charge in [0.1, 0.15) is 5.82 Å². The molecule has 12 heavy (non-hydrogen) atoms. The van der Waals surface area contributed by atoms with E-state index in [-0.39, 0.29) is 0 Å². The molecule has 1 N–H and O–H groups in total. The smallest absolute Gasteiger partial charge is 0.202 e. The largest absolute Gasteiger partial charge is 0.358 e. The summed E-state index contributed by atoms with van der Waals surface area (Å²) in [4.78, 5) is 4.19. The second-order valence-corrected chi connectivity index (χ2v) is 3.47. The van der Waals surface area contributed by atoms with E-state index in [4.69, 9.17) is 0 Å². The topological polar surface area (TPSA) is 37.8 Å². The summed E-state index contributed by atoms with van der Waals surface area (Å²) in [7, 11) is 0. The Morgan fingerprint density at radius 1 is 1.75 bits per heavy atom. The number of nitrogens with zero attached hydrogens (tertiary/aromatic N) is 2. The minimum absolute atomic E-state index is 0.384. The standard InChI is InChI=1S/C8H13N3S/c1-4-5-6(2)9-8-10-7(3)11-12-8/h4,6H,1,5H2,2-3H3,(H,9,10,11). The van der Waals surface area contributed by atoms with Crippen LogP contribution in [0.2, 0.25) is 0 Å². The predicted octanol–water partition coefficient (Wildman–Crippen LogP) is 2.22. The highest BCUT2D eigenvalue weighted by molar-refractivity contribution is 7.09. The van der Waals surface area contributed by atoms with Gasteiger partial charge in [0.25, 0.3) is 0 Å². The van der Waals surface area contributed by atoms with Gasteiger partial charge in [-0.15, -0.1) is 6.58 Å². The van der Waals surface area contributed by atoms with E-state index < -0.39 is 0 Å². The Morgan fingerprint density at radius 3 is 3.00 bits per heavy atom. The SMILES string of the molecule is C=CCC(C)Nc1nc(C)ns1. The Balaban J connectivity index is 2.46. The summed E-state index contributed by atoms with van der Waals surface area (Å²) in [5, 5.41) is 4.13. The van der Waals surface area contributed by atoms with Crippen molar-refractivity contribution >= 4 is 16.7 Å². The van der Waals surface area contributed by atoms with Gasteiger partial charge in [0.05, 0.1) is 0 Å². The van der Waals surface area contributed by atoms with Gasteiger partial charge in [0.2, 0.25) is 5.13 Å². The molecule has 0 saturated heterocycles. The maximum absolute atomic E-state index is 4.19. The minimum Gasteiger partial charge on any atom is -0.358 e. The van der Waals surface area contributed by atoms with Crippen molar-refractivity contribution in [1.82, 2.24) is 9.36 Å². The molecule has 0 saturated carbocycles. The van der Waals surface area contributed by atoms with Crippen molar-refractivity contribution in [1.29, 1.82) is 0 Å². The fourth-order valence-electron chi connectivity index (χ4n) is 0.875. The van der Waals surface area contributed by atoms with Crippen LogP contribution in [0.5, 0.6) is 0 Å². The van der Waals surface area contributed by atoms with E-state index in [1.807, 2.05) is 13.0 Å². The van der Waals surface area contributed by atoms with Crippen LogP contribution in [0.15, 0.2) is 12.7 Å². The van der Waals surface area contributed by atoms with Gasteiger partial charge >= 0.3 is 0 Å². The van der Waals surface area contributed by atoms with Crippen molar-refractivity contribution in [2.45, 2.75) is 26.3 Å². The number of hydrogen-bond donors (Lipinski definition) is 1. The van der Waals surface area contributed by atoms with E-state index in [0.717, 1.165) is 17.4 Å². The molecule has 0 aliphatic carbocycles. The third-order valence-corrected chi connectivity index (χ3v) is 2.16. The van der Waals surface area contributed by atoms with Gasteiger partial charge in [-0.1, -0.05) is 6.08 Å². The lowest BCUT2D eigenvalue weighted by molar-refractivity contribution is 0.811. The zero-order valence-electron chi connectivity index (χ0n) is 7.37. The normalized spacial score (nSPS) is 12.5. The van der Waals surface area contributed by atoms with E-state index in [1.54, 1.807) is 0 Å². The summed E-state index contributed by atoms with van der Waals surface area (Å²) >= 11 is 1.40. The van der Waals surface area contributed by atoms with Crippen molar-refractivity contribution in [3.63, 3.8) is 0 Å². The van der Waals surface area contributed by atoms with E-state index in [9.17, 15) is 0 Å². The first-order valence-electron chi connectivity index (χ1n) is 3.90. The van der Waals surface area contributed by atoms with Crippen LogP contribution in [-0.2, 0) is 0 Å². The monoisotopic (exact) mass is 183 g/mol. The first-order chi connectivity index (χ1) is 5.72. The summed E-state index contributed by atoms with van der Waals surface area (Å²) in [6, 6.07) is 0.384. The number of nitrogens with one attached hydrogen (secondary N) is 1. The Hall–Kier alpha value is -0.900. The van der Waals surface area contributed by atoms with Crippen LogP contribution >= 0.6 is 11.5 Å². The molecule has 1 unspecified atom stereocenters. The van der Waals surface area contributed by atoms with Gasteiger partial charge in [-0.05, 0) is 20.3 Å². The Labute approximate surface area is 76.7 Å². The van der Waals surface area contributed by atoms with E-state index >= 15 is 0 Å². The average Bonchev–Trinajstić information content (AvgIpc) is 2.36. The maximum atomic E-state index is 4.19. The van der Waals surface area contributed by atoms with Crippen LogP contribution in [-0.4, -0.2) is 15.4 Å². The highest BCUT2D eigenvalue weighted by atomic mass is 32.1. The maximum Gasteiger partial charge on any atom is 0.202 e. The fourth-order valence-corrected chi connectivity index (χ4v) is 1.56. The summed E-state index contributed by atoms with van der Waals surface area (Å²) in [6.07, 6.45) is 2.84. The van der Waals surface area contributed by atoms with Crippen LogP contribution in [0.4, 0.5) is 5.13 Å². The lowest BCUT2D eigenvalue weighted by atomic mass is 10.2. The van der Waals surface area contributed by atoms with Crippen molar-refractivity contribution in [3.05, 3.63) is 18.5 Å². The number of hydrogen-bond acceptors (Lipinski definition) is 4. The summed E-state index contributed by atoms with van der Waals surface area (Å²) in [5.74, 6) is 0.827. The molecule has 0 aromatic carbocycles. The second kappa shape index (κ2) is 4.21. The lowest BCUT2D eigenvalue weighted by Gasteiger charge is -2.08. The third kappa shape index (κ3) is 2.62. The molecule has 3 nitrogen and oxygen atoms in total. The van der Waals surface area contributed by atoms with Gasteiger partial charge < -0.3 is 5.32 Å². The molecule has 1 rings (SSSR count). The average molecular weight is 183 g/mol. The Bertz CT molecular complexity index is 257. The molecule has 1 atom stereocenters. The first-order valence-corrected chi connectivity index (χ1v) is 4.67. The van der Waals surface area contributed by atoms with Gasteiger partial charge in [0.15, 0.2) is 0 Å². The molecule has 0 fully saturated rings. The van der Waals surface area contributed by atoms with Gasteiger partial charge in [-0.3, -0.25) is 0 Å². The predicted molar refractivity (Wildman–Crippen MR) is 52.5 cm³/mol. The number of anilines is 1. The van der Waals surface area contributed by atoms with Gasteiger partial charge in [0, 0.05) is 17.6 Å². The van der Waals surface area contributed by atoms with Crippen LogP contribution in [0.1, 0.15) is 19.2 Å². The Morgan fingerprint density at radius 2 is 2.50 bits per heavy atom. The first kappa shape index (κ1) is 9.19. The van der Waals surface area contributed by atoms with Crippen LogP contribution in [0.25, 0.3) is 0 Å². The molecule has 66 valence electrons. The third-order valence-electron chi connectivity index (χ3n) is 1.42. The molecule has 0 radical (unpaired) electrons. The minimum atomic E-state index is 0.384. The lowest BCUT2D eigenvalue weighted by Crippen LogP contribution is -2.13. The molecule has 0 aliphatic heterocycles. The van der Waals surface area contributed by atoms with Crippen LogP contribution in [0, 0.1) is 6.92 Å². The van der Waals surface area contributed by atoms with Crippen LogP contribution in [0.3, 0.4) is 0 Å². The highest BCUT2D eigenvalue weighted by Crippen LogP contribution is 2.12. The fraction of sp³-hybridized carbons (Fsp3) is 0.500. The molecule has 4 heteroatoms. The number of rotatable bonds is 4. The molecular weight excluding hydrogens is 170 g/mol. The zero-order valence-corrected chi connectivity index (χ0v) is 8.19. The molecule has 1 aromatic heterocycles. The molecular formula is C8H13N3S. The van der Waals surface area contributed by atoms with Crippen molar-refractivity contribution in [3.8, 4) is 0 Å². The van der Waals surface area contributed by atoms with Gasteiger partial charge in [-0.2, -0.15) is 4.37 Å². The molecule has 1 aromatic rings. The number of aryl methyl sites for hydroxylation is 1. The quantitative estimate of drug-likeness (QED) is 0.727. The summed E-state index contributed by atoms with van der Waals surface area (Å²) < 4.78 is 4.07. The van der Waals surface area contributed by atoms with Crippen LogP contribution < -0.4 is 5.32 Å². The van der Waals surface area contributed by atoms with Crippen molar-refractivity contribution < 1.29 is 0 Å². The van der Waals surface area contributed by atoms with E-state index in [0.29, 0.717) is 6.04 Å². The zero-order chi connectivity index (χ0) is 8.97. The van der Waals surface area contributed by atoms with E-state index in [1.165, 1.54) is 11.5 Å². The highest BCUT2D eigenvalue weighted by Gasteiger charge is 2.02. The van der Waals surface area contributed by atoms with Gasteiger partial charge in [-0.25, -0.2) is 4.98 Å². The van der Waals surface area contributed by atoms with Crippen molar-refractivity contribution in [2.24, 2.45) is 0 Å². The summed E-state index contributed by atoms with van der Waals surface area (Å²) in [6.45, 7) is 7.66. The molecule has 0 spiro atoms. The molecule has 0 bridgehead atoms. The second-order valence-electron chi connectivity index (χ2n) is 2.72.